The first-order valence-electron chi connectivity index (χ1n) is 5.50. The molecule has 94 valence electrons. The van der Waals surface area contributed by atoms with E-state index in [0.29, 0.717) is 23.2 Å². The Hall–Kier alpha value is -1.26. The van der Waals surface area contributed by atoms with Crippen molar-refractivity contribution in [1.29, 1.82) is 0 Å². The van der Waals surface area contributed by atoms with Gasteiger partial charge < -0.3 is 5.32 Å². The highest BCUT2D eigenvalue weighted by atomic mass is 79.9. The first-order valence-corrected chi connectivity index (χ1v) is 6.29. The molecule has 1 nitrogen and oxygen atoms in total. The molecule has 0 aromatic heterocycles. The summed E-state index contributed by atoms with van der Waals surface area (Å²) in [6.07, 6.45) is 0. The van der Waals surface area contributed by atoms with Crippen LogP contribution in [0.15, 0.2) is 40.9 Å². The van der Waals surface area contributed by atoms with E-state index in [9.17, 15) is 8.78 Å². The number of benzene rings is 2. The summed E-state index contributed by atoms with van der Waals surface area (Å²) < 4.78 is 28.0. The first-order chi connectivity index (χ1) is 8.61. The quantitative estimate of drug-likeness (QED) is 0.899. The molecule has 0 heterocycles. The Morgan fingerprint density at radius 3 is 2.50 bits per heavy atom. The molecule has 2 rings (SSSR count). The molecule has 0 fully saturated rings. The predicted octanol–water partition coefficient (Wildman–Crippen LogP) is 4.11. The van der Waals surface area contributed by atoms with Gasteiger partial charge in [0.25, 0.3) is 0 Å². The highest BCUT2D eigenvalue weighted by Gasteiger charge is 2.09. The summed E-state index contributed by atoms with van der Waals surface area (Å²) in [5, 5.41) is 2.89. The zero-order valence-corrected chi connectivity index (χ0v) is 11.4. The summed E-state index contributed by atoms with van der Waals surface area (Å²) in [6, 6.07) is 9.32. The molecule has 0 amide bonds. The maximum atomic E-state index is 13.7. The van der Waals surface area contributed by atoms with E-state index < -0.39 is 0 Å². The van der Waals surface area contributed by atoms with E-state index in [1.807, 2.05) is 0 Å². The van der Waals surface area contributed by atoms with Crippen molar-refractivity contribution in [2.75, 3.05) is 7.05 Å². The summed E-state index contributed by atoms with van der Waals surface area (Å²) in [6.45, 7) is 0.412. The van der Waals surface area contributed by atoms with E-state index in [2.05, 4.69) is 21.2 Å². The molecule has 0 aliphatic rings. The lowest BCUT2D eigenvalue weighted by atomic mass is 10.0. The Labute approximate surface area is 113 Å². The molecule has 0 radical (unpaired) electrons. The van der Waals surface area contributed by atoms with E-state index in [1.54, 1.807) is 31.3 Å². The molecule has 0 atom stereocenters. The highest BCUT2D eigenvalue weighted by Crippen LogP contribution is 2.27. The molecule has 18 heavy (non-hydrogen) atoms. The zero-order chi connectivity index (χ0) is 13.1. The molecule has 0 saturated carbocycles. The van der Waals surface area contributed by atoms with Crippen LogP contribution in [0.1, 0.15) is 5.56 Å². The third-order valence-electron chi connectivity index (χ3n) is 2.65. The normalized spacial score (nSPS) is 10.7. The number of hydrogen-bond donors (Lipinski definition) is 1. The molecule has 0 spiro atoms. The minimum Gasteiger partial charge on any atom is -0.316 e. The molecule has 0 aliphatic carbocycles. The minimum atomic E-state index is -0.319. The van der Waals surface area contributed by atoms with Gasteiger partial charge in [-0.25, -0.2) is 8.78 Å². The van der Waals surface area contributed by atoms with Crippen LogP contribution in [-0.4, -0.2) is 7.05 Å². The summed E-state index contributed by atoms with van der Waals surface area (Å²) >= 11 is 3.30. The first kappa shape index (κ1) is 13.2. The van der Waals surface area contributed by atoms with E-state index >= 15 is 0 Å². The van der Waals surface area contributed by atoms with Crippen LogP contribution in [0.25, 0.3) is 11.1 Å². The minimum absolute atomic E-state index is 0.288. The van der Waals surface area contributed by atoms with Crippen molar-refractivity contribution in [2.45, 2.75) is 6.54 Å². The van der Waals surface area contributed by atoms with Crippen LogP contribution in [0.4, 0.5) is 8.78 Å². The fraction of sp³-hybridized carbons (Fsp3) is 0.143. The predicted molar refractivity (Wildman–Crippen MR) is 72.3 cm³/mol. The molecule has 0 bridgehead atoms. The monoisotopic (exact) mass is 311 g/mol. The van der Waals surface area contributed by atoms with Gasteiger partial charge in [0.2, 0.25) is 0 Å². The van der Waals surface area contributed by atoms with Crippen molar-refractivity contribution in [2.24, 2.45) is 0 Å². The van der Waals surface area contributed by atoms with Crippen LogP contribution >= 0.6 is 15.9 Å². The number of halogens is 3. The average molecular weight is 312 g/mol. The van der Waals surface area contributed by atoms with Gasteiger partial charge in [-0.3, -0.25) is 0 Å². The highest BCUT2D eigenvalue weighted by molar-refractivity contribution is 9.10. The Kier molecular flexibility index (Phi) is 4.09. The summed E-state index contributed by atoms with van der Waals surface area (Å²) in [5.74, 6) is -0.608. The second kappa shape index (κ2) is 5.59. The van der Waals surface area contributed by atoms with Crippen LogP contribution in [0.2, 0.25) is 0 Å². The molecule has 4 heteroatoms. The van der Waals surface area contributed by atoms with Gasteiger partial charge in [0.05, 0.1) is 0 Å². The average Bonchev–Trinajstić information content (AvgIpc) is 2.35. The van der Waals surface area contributed by atoms with Gasteiger partial charge in [0.15, 0.2) is 0 Å². The van der Waals surface area contributed by atoms with Gasteiger partial charge in [0, 0.05) is 22.1 Å². The van der Waals surface area contributed by atoms with E-state index in [-0.39, 0.29) is 11.6 Å². The van der Waals surface area contributed by atoms with Gasteiger partial charge in [-0.15, -0.1) is 0 Å². The van der Waals surface area contributed by atoms with Crippen LogP contribution in [0.3, 0.4) is 0 Å². The molecular weight excluding hydrogens is 300 g/mol. The SMILES string of the molecule is CNCc1cc(-c2cc(Br)ccc2F)ccc1F. The van der Waals surface area contributed by atoms with Crippen molar-refractivity contribution in [1.82, 2.24) is 5.32 Å². The lowest BCUT2D eigenvalue weighted by Gasteiger charge is -2.08. The Morgan fingerprint density at radius 2 is 1.78 bits per heavy atom. The van der Waals surface area contributed by atoms with Gasteiger partial charge in [0.1, 0.15) is 11.6 Å². The summed E-state index contributed by atoms with van der Waals surface area (Å²) in [5.41, 5.74) is 1.65. The third kappa shape index (κ3) is 2.76. The van der Waals surface area contributed by atoms with E-state index in [1.165, 1.54) is 12.1 Å². The topological polar surface area (TPSA) is 12.0 Å². The zero-order valence-electron chi connectivity index (χ0n) is 9.81. The van der Waals surface area contributed by atoms with Crippen LogP contribution < -0.4 is 5.32 Å². The van der Waals surface area contributed by atoms with Crippen molar-refractivity contribution >= 4 is 15.9 Å². The smallest absolute Gasteiger partial charge is 0.131 e. The summed E-state index contributed by atoms with van der Waals surface area (Å²) in [7, 11) is 1.74. The van der Waals surface area contributed by atoms with Crippen molar-refractivity contribution in [3.05, 3.63) is 58.1 Å². The number of rotatable bonds is 3. The maximum Gasteiger partial charge on any atom is 0.131 e. The molecule has 2 aromatic rings. The van der Waals surface area contributed by atoms with Crippen LogP contribution in [-0.2, 0) is 6.54 Å². The van der Waals surface area contributed by atoms with Gasteiger partial charge in [-0.1, -0.05) is 22.0 Å². The lowest BCUT2D eigenvalue weighted by molar-refractivity contribution is 0.600. The molecule has 0 unspecified atom stereocenters. The second-order valence-corrected chi connectivity index (χ2v) is 4.88. The van der Waals surface area contributed by atoms with Crippen molar-refractivity contribution in [3.8, 4) is 11.1 Å². The fourth-order valence-electron chi connectivity index (χ4n) is 1.79. The standard InChI is InChI=1S/C14H12BrF2N/c1-18-8-10-6-9(2-4-13(10)16)12-7-11(15)3-5-14(12)17/h2-7,18H,8H2,1H3. The molecular formula is C14H12BrF2N. The van der Waals surface area contributed by atoms with E-state index in [0.717, 1.165) is 4.47 Å². The van der Waals surface area contributed by atoms with Gasteiger partial charge >= 0.3 is 0 Å². The molecule has 2 aromatic carbocycles. The largest absolute Gasteiger partial charge is 0.316 e. The van der Waals surface area contributed by atoms with Crippen molar-refractivity contribution in [3.63, 3.8) is 0 Å². The van der Waals surface area contributed by atoms with Gasteiger partial charge in [-0.05, 0) is 42.9 Å². The number of hydrogen-bond acceptors (Lipinski definition) is 1. The molecule has 0 aliphatic heterocycles. The van der Waals surface area contributed by atoms with Gasteiger partial charge in [-0.2, -0.15) is 0 Å². The van der Waals surface area contributed by atoms with Crippen molar-refractivity contribution < 1.29 is 8.78 Å². The summed E-state index contributed by atoms with van der Waals surface area (Å²) in [4.78, 5) is 0. The maximum absolute atomic E-state index is 13.7. The van der Waals surface area contributed by atoms with E-state index in [4.69, 9.17) is 0 Å². The lowest BCUT2D eigenvalue weighted by Crippen LogP contribution is -2.07. The Morgan fingerprint density at radius 1 is 1.06 bits per heavy atom. The third-order valence-corrected chi connectivity index (χ3v) is 3.15. The fourth-order valence-corrected chi connectivity index (χ4v) is 2.15. The number of nitrogens with one attached hydrogen (secondary N) is 1. The van der Waals surface area contributed by atoms with Crippen LogP contribution in [0, 0.1) is 11.6 Å². The van der Waals surface area contributed by atoms with Crippen LogP contribution in [0.5, 0.6) is 0 Å². The molecule has 0 saturated heterocycles. The second-order valence-electron chi connectivity index (χ2n) is 3.96. The Bertz CT molecular complexity index is 570. The Balaban J connectivity index is 2.50. The molecule has 1 N–H and O–H groups in total.